The molecule has 0 radical (unpaired) electrons. The van der Waals surface area contributed by atoms with Crippen molar-refractivity contribution >= 4 is 24.3 Å². The molecular weight excluding hydrogens is 260 g/mol. The highest BCUT2D eigenvalue weighted by atomic mass is 32.2. The molecule has 19 heavy (non-hydrogen) atoms. The second-order valence-electron chi connectivity index (χ2n) is 4.68. The summed E-state index contributed by atoms with van der Waals surface area (Å²) in [6.45, 7) is 2.27. The second-order valence-corrected chi connectivity index (χ2v) is 5.56. The van der Waals surface area contributed by atoms with Gasteiger partial charge in [0.25, 0.3) is 0 Å². The first kappa shape index (κ1) is 14.1. The van der Waals surface area contributed by atoms with Crippen LogP contribution in [0.4, 0.5) is 0 Å². The average molecular weight is 280 g/mol. The number of aldehydes is 1. The molecular formula is C13H20N4OS. The number of H-pyrrole nitrogens is 1. The Labute approximate surface area is 118 Å². The highest BCUT2D eigenvalue weighted by Crippen LogP contribution is 2.20. The molecule has 2 heterocycles. The van der Waals surface area contributed by atoms with Crippen LogP contribution in [-0.2, 0) is 0 Å². The number of piperidine rings is 1. The molecule has 1 fully saturated rings. The molecule has 0 aliphatic carbocycles. The summed E-state index contributed by atoms with van der Waals surface area (Å²) in [6.07, 6.45) is 10.8. The Hall–Kier alpha value is -1.27. The maximum Gasteiger partial charge on any atom is 0.153 e. The van der Waals surface area contributed by atoms with E-state index in [0.717, 1.165) is 25.1 Å². The molecule has 1 saturated heterocycles. The highest BCUT2D eigenvalue weighted by Gasteiger charge is 2.20. The van der Waals surface area contributed by atoms with Crippen LogP contribution >= 0.6 is 11.9 Å². The van der Waals surface area contributed by atoms with E-state index in [1.807, 2.05) is 24.2 Å². The van der Waals surface area contributed by atoms with E-state index in [1.165, 1.54) is 12.8 Å². The van der Waals surface area contributed by atoms with Gasteiger partial charge < -0.3 is 4.90 Å². The summed E-state index contributed by atoms with van der Waals surface area (Å²) in [7, 11) is 2.09. The SMILES string of the molecule is CSN1CCC(N(C)/C=C\c2[nH]ncc2C=O)CC1. The maximum atomic E-state index is 10.8. The van der Waals surface area contributed by atoms with Crippen LogP contribution in [0.1, 0.15) is 28.9 Å². The molecule has 0 amide bonds. The summed E-state index contributed by atoms with van der Waals surface area (Å²) in [4.78, 5) is 13.0. The van der Waals surface area contributed by atoms with Crippen molar-refractivity contribution in [3.8, 4) is 0 Å². The van der Waals surface area contributed by atoms with Crippen LogP contribution in [0, 0.1) is 0 Å². The largest absolute Gasteiger partial charge is 0.377 e. The molecule has 1 aromatic heterocycles. The van der Waals surface area contributed by atoms with Crippen LogP contribution in [-0.4, -0.2) is 58.1 Å². The van der Waals surface area contributed by atoms with E-state index in [4.69, 9.17) is 0 Å². The van der Waals surface area contributed by atoms with Crippen molar-refractivity contribution in [3.63, 3.8) is 0 Å². The van der Waals surface area contributed by atoms with Crippen LogP contribution in [0.15, 0.2) is 12.4 Å². The monoisotopic (exact) mass is 280 g/mol. The fourth-order valence-corrected chi connectivity index (χ4v) is 2.85. The predicted molar refractivity (Wildman–Crippen MR) is 78.9 cm³/mol. The second kappa shape index (κ2) is 6.77. The Kier molecular flexibility index (Phi) is 5.04. The molecule has 0 aromatic carbocycles. The quantitative estimate of drug-likeness (QED) is 0.659. The Bertz CT molecular complexity index is 438. The van der Waals surface area contributed by atoms with Gasteiger partial charge in [0.1, 0.15) is 0 Å². The maximum absolute atomic E-state index is 10.8. The van der Waals surface area contributed by atoms with E-state index in [-0.39, 0.29) is 0 Å². The van der Waals surface area contributed by atoms with E-state index in [0.29, 0.717) is 11.6 Å². The number of rotatable bonds is 5. The van der Waals surface area contributed by atoms with Crippen molar-refractivity contribution in [1.29, 1.82) is 0 Å². The van der Waals surface area contributed by atoms with Gasteiger partial charge in [0.2, 0.25) is 0 Å². The number of aromatic amines is 1. The third-order valence-corrected chi connectivity index (χ3v) is 4.44. The zero-order chi connectivity index (χ0) is 13.7. The Morgan fingerprint density at radius 2 is 2.26 bits per heavy atom. The lowest BCUT2D eigenvalue weighted by Crippen LogP contribution is -2.38. The summed E-state index contributed by atoms with van der Waals surface area (Å²) in [5.74, 6) is 0. The van der Waals surface area contributed by atoms with Crippen molar-refractivity contribution in [2.75, 3.05) is 26.4 Å². The van der Waals surface area contributed by atoms with E-state index in [2.05, 4.69) is 32.7 Å². The number of carbonyl (C=O) groups excluding carboxylic acids is 1. The molecule has 0 unspecified atom stereocenters. The van der Waals surface area contributed by atoms with Crippen molar-refractivity contribution < 1.29 is 4.79 Å². The minimum atomic E-state index is 0.572. The molecule has 1 N–H and O–H groups in total. The molecule has 5 nitrogen and oxygen atoms in total. The molecule has 104 valence electrons. The summed E-state index contributed by atoms with van der Waals surface area (Å²) in [6, 6.07) is 0.572. The van der Waals surface area contributed by atoms with Gasteiger partial charge in [0, 0.05) is 32.4 Å². The van der Waals surface area contributed by atoms with Crippen LogP contribution in [0.25, 0.3) is 6.08 Å². The first-order valence-electron chi connectivity index (χ1n) is 6.42. The van der Waals surface area contributed by atoms with Gasteiger partial charge in [-0.05, 0) is 25.2 Å². The normalized spacial score (nSPS) is 18.0. The van der Waals surface area contributed by atoms with Gasteiger partial charge in [-0.3, -0.25) is 14.2 Å². The number of nitrogens with zero attached hydrogens (tertiary/aromatic N) is 3. The van der Waals surface area contributed by atoms with Gasteiger partial charge in [-0.15, -0.1) is 0 Å². The van der Waals surface area contributed by atoms with Crippen LogP contribution in [0.5, 0.6) is 0 Å². The lowest BCUT2D eigenvalue weighted by atomic mass is 10.1. The third kappa shape index (κ3) is 3.61. The number of hydrogen-bond donors (Lipinski definition) is 1. The van der Waals surface area contributed by atoms with Crippen molar-refractivity contribution in [2.45, 2.75) is 18.9 Å². The molecule has 0 spiro atoms. The first-order valence-corrected chi connectivity index (χ1v) is 7.60. The van der Waals surface area contributed by atoms with E-state index < -0.39 is 0 Å². The smallest absolute Gasteiger partial charge is 0.153 e. The molecule has 1 aliphatic heterocycles. The van der Waals surface area contributed by atoms with Gasteiger partial charge in [-0.25, -0.2) is 0 Å². The first-order chi connectivity index (χ1) is 9.24. The molecule has 0 atom stereocenters. The van der Waals surface area contributed by atoms with Crippen LogP contribution in [0.3, 0.4) is 0 Å². The number of aromatic nitrogens is 2. The highest BCUT2D eigenvalue weighted by molar-refractivity contribution is 7.96. The van der Waals surface area contributed by atoms with Gasteiger partial charge in [-0.2, -0.15) is 5.10 Å². The average Bonchev–Trinajstić information content (AvgIpc) is 2.92. The van der Waals surface area contributed by atoms with E-state index in [1.54, 1.807) is 6.20 Å². The molecule has 0 saturated carbocycles. The predicted octanol–water partition coefficient (Wildman–Crippen LogP) is 1.87. The zero-order valence-electron chi connectivity index (χ0n) is 11.4. The topological polar surface area (TPSA) is 52.2 Å². The standard InChI is InChI=1S/C13H20N4OS/c1-16(12-3-7-17(19-2)8-4-12)6-5-13-11(10-18)9-14-15-13/h5-6,9-10,12H,3-4,7-8H2,1-2H3,(H,14,15)/b6-5-. The summed E-state index contributed by atoms with van der Waals surface area (Å²) < 4.78 is 2.40. The van der Waals surface area contributed by atoms with Gasteiger partial charge in [-0.1, -0.05) is 11.9 Å². The lowest BCUT2D eigenvalue weighted by Gasteiger charge is -2.35. The van der Waals surface area contributed by atoms with Gasteiger partial charge in [0.05, 0.1) is 17.5 Å². The lowest BCUT2D eigenvalue weighted by molar-refractivity contribution is 0.112. The summed E-state index contributed by atoms with van der Waals surface area (Å²) in [5, 5.41) is 6.69. The number of carbonyl (C=O) groups is 1. The fourth-order valence-electron chi connectivity index (χ4n) is 2.28. The Balaban J connectivity index is 1.90. The van der Waals surface area contributed by atoms with Crippen molar-refractivity contribution in [1.82, 2.24) is 19.4 Å². The number of hydrogen-bond acceptors (Lipinski definition) is 5. The van der Waals surface area contributed by atoms with Crippen LogP contribution in [0.2, 0.25) is 0 Å². The van der Waals surface area contributed by atoms with Gasteiger partial charge >= 0.3 is 0 Å². The minimum Gasteiger partial charge on any atom is -0.377 e. The molecule has 0 bridgehead atoms. The zero-order valence-corrected chi connectivity index (χ0v) is 12.2. The number of nitrogens with one attached hydrogen (secondary N) is 1. The van der Waals surface area contributed by atoms with Crippen molar-refractivity contribution in [3.05, 3.63) is 23.7 Å². The summed E-state index contributed by atoms with van der Waals surface area (Å²) >= 11 is 1.82. The van der Waals surface area contributed by atoms with E-state index in [9.17, 15) is 4.79 Å². The van der Waals surface area contributed by atoms with Gasteiger partial charge in [0.15, 0.2) is 6.29 Å². The van der Waals surface area contributed by atoms with Crippen LogP contribution < -0.4 is 0 Å². The third-order valence-electron chi connectivity index (χ3n) is 3.56. The molecule has 6 heteroatoms. The molecule has 1 aromatic rings. The molecule has 1 aliphatic rings. The Morgan fingerprint density at radius 3 is 2.89 bits per heavy atom. The fraction of sp³-hybridized carbons (Fsp3) is 0.538. The van der Waals surface area contributed by atoms with E-state index >= 15 is 0 Å². The Morgan fingerprint density at radius 1 is 1.53 bits per heavy atom. The molecule has 2 rings (SSSR count). The summed E-state index contributed by atoms with van der Waals surface area (Å²) in [5.41, 5.74) is 1.37. The van der Waals surface area contributed by atoms with Crippen molar-refractivity contribution in [2.24, 2.45) is 0 Å². The minimum absolute atomic E-state index is 0.572.